The van der Waals surface area contributed by atoms with Gasteiger partial charge in [-0.15, -0.1) is 0 Å². The van der Waals surface area contributed by atoms with Crippen molar-refractivity contribution in [2.75, 3.05) is 6.54 Å². The molecule has 2 aromatic heterocycles. The van der Waals surface area contributed by atoms with Gasteiger partial charge in [0.2, 0.25) is 5.89 Å². The highest BCUT2D eigenvalue weighted by Gasteiger charge is 2.33. The Morgan fingerprint density at radius 2 is 2.21 bits per heavy atom. The Kier molecular flexibility index (Phi) is 2.98. The topological polar surface area (TPSA) is 72.1 Å². The SMILES string of the molecule is Cc1nc([C@H]2CCCN2C(=O)c2ccncc2)no1. The van der Waals surface area contributed by atoms with Crippen molar-refractivity contribution < 1.29 is 9.32 Å². The first-order valence-electron chi connectivity index (χ1n) is 6.27. The molecule has 6 heteroatoms. The summed E-state index contributed by atoms with van der Waals surface area (Å²) < 4.78 is 5.00. The molecule has 1 fully saturated rings. The lowest BCUT2D eigenvalue weighted by Crippen LogP contribution is -2.31. The minimum atomic E-state index is -0.0851. The van der Waals surface area contributed by atoms with Crippen LogP contribution in [-0.2, 0) is 0 Å². The van der Waals surface area contributed by atoms with Crippen molar-refractivity contribution in [3.8, 4) is 0 Å². The summed E-state index contributed by atoms with van der Waals surface area (Å²) in [6.45, 7) is 2.47. The summed E-state index contributed by atoms with van der Waals surface area (Å²) in [5.74, 6) is 1.11. The Balaban J connectivity index is 1.86. The van der Waals surface area contributed by atoms with Crippen molar-refractivity contribution in [1.82, 2.24) is 20.0 Å². The Labute approximate surface area is 110 Å². The van der Waals surface area contributed by atoms with Gasteiger partial charge in [0.05, 0.1) is 6.04 Å². The number of aryl methyl sites for hydroxylation is 1. The molecule has 6 nitrogen and oxygen atoms in total. The molecule has 98 valence electrons. The van der Waals surface area contributed by atoms with Crippen LogP contribution in [0.15, 0.2) is 29.0 Å². The van der Waals surface area contributed by atoms with E-state index in [4.69, 9.17) is 4.52 Å². The van der Waals surface area contributed by atoms with Crippen molar-refractivity contribution in [1.29, 1.82) is 0 Å². The highest BCUT2D eigenvalue weighted by molar-refractivity contribution is 5.94. The van der Waals surface area contributed by atoms with Gasteiger partial charge in [-0.25, -0.2) is 0 Å². The van der Waals surface area contributed by atoms with Crippen LogP contribution in [0.3, 0.4) is 0 Å². The van der Waals surface area contributed by atoms with Gasteiger partial charge < -0.3 is 9.42 Å². The Hall–Kier alpha value is -2.24. The van der Waals surface area contributed by atoms with E-state index < -0.39 is 0 Å². The van der Waals surface area contributed by atoms with E-state index in [9.17, 15) is 4.79 Å². The van der Waals surface area contributed by atoms with Gasteiger partial charge in [0.1, 0.15) is 0 Å². The van der Waals surface area contributed by atoms with E-state index in [1.54, 1.807) is 36.4 Å². The predicted octanol–water partition coefficient (Wildman–Crippen LogP) is 1.75. The van der Waals surface area contributed by atoms with E-state index in [2.05, 4.69) is 15.1 Å². The monoisotopic (exact) mass is 258 g/mol. The zero-order valence-electron chi connectivity index (χ0n) is 10.6. The van der Waals surface area contributed by atoms with Crippen LogP contribution in [0.1, 0.15) is 41.0 Å². The first-order chi connectivity index (χ1) is 9.25. The number of hydrogen-bond acceptors (Lipinski definition) is 5. The zero-order chi connectivity index (χ0) is 13.2. The van der Waals surface area contributed by atoms with E-state index in [0.717, 1.165) is 19.4 Å². The third kappa shape index (κ3) is 2.21. The Morgan fingerprint density at radius 1 is 1.42 bits per heavy atom. The molecule has 0 N–H and O–H groups in total. The molecule has 0 aliphatic carbocycles. The minimum absolute atomic E-state index is 0.00708. The molecule has 0 saturated carbocycles. The standard InChI is InChI=1S/C13H14N4O2/c1-9-15-12(16-19-9)11-3-2-8-17(11)13(18)10-4-6-14-7-5-10/h4-7,11H,2-3,8H2,1H3/t11-/m1/s1. The van der Waals surface area contributed by atoms with E-state index >= 15 is 0 Å². The van der Waals surface area contributed by atoms with Crippen LogP contribution in [0.2, 0.25) is 0 Å². The summed E-state index contributed by atoms with van der Waals surface area (Å²) in [5.41, 5.74) is 0.641. The van der Waals surface area contributed by atoms with Gasteiger partial charge >= 0.3 is 0 Å². The molecule has 0 bridgehead atoms. The van der Waals surface area contributed by atoms with Crippen molar-refractivity contribution >= 4 is 5.91 Å². The normalized spacial score (nSPS) is 18.8. The highest BCUT2D eigenvalue weighted by atomic mass is 16.5. The number of likely N-dealkylation sites (tertiary alicyclic amines) is 1. The highest BCUT2D eigenvalue weighted by Crippen LogP contribution is 2.31. The van der Waals surface area contributed by atoms with Crippen LogP contribution in [0, 0.1) is 6.92 Å². The molecule has 3 rings (SSSR count). The van der Waals surface area contributed by atoms with Gasteiger partial charge in [-0.05, 0) is 25.0 Å². The lowest BCUT2D eigenvalue weighted by atomic mass is 10.2. The molecule has 2 aromatic rings. The van der Waals surface area contributed by atoms with Crippen LogP contribution in [0.25, 0.3) is 0 Å². The van der Waals surface area contributed by atoms with Gasteiger partial charge in [0, 0.05) is 31.4 Å². The van der Waals surface area contributed by atoms with Crippen molar-refractivity contribution in [3.05, 3.63) is 41.8 Å². The molecule has 3 heterocycles. The molecule has 0 spiro atoms. The van der Waals surface area contributed by atoms with E-state index in [0.29, 0.717) is 17.3 Å². The maximum atomic E-state index is 12.4. The second-order valence-corrected chi connectivity index (χ2v) is 4.56. The fraction of sp³-hybridized carbons (Fsp3) is 0.385. The molecule has 1 aliphatic rings. The first-order valence-corrected chi connectivity index (χ1v) is 6.27. The summed E-state index contributed by atoms with van der Waals surface area (Å²) in [4.78, 5) is 22.4. The maximum absolute atomic E-state index is 12.4. The summed E-state index contributed by atoms with van der Waals surface area (Å²) in [7, 11) is 0. The number of nitrogens with zero attached hydrogens (tertiary/aromatic N) is 4. The fourth-order valence-electron chi connectivity index (χ4n) is 2.39. The van der Waals surface area contributed by atoms with Crippen LogP contribution in [-0.4, -0.2) is 32.5 Å². The second kappa shape index (κ2) is 4.79. The number of pyridine rings is 1. The van der Waals surface area contributed by atoms with Gasteiger partial charge in [0.15, 0.2) is 5.82 Å². The van der Waals surface area contributed by atoms with Gasteiger partial charge in [-0.2, -0.15) is 4.98 Å². The van der Waals surface area contributed by atoms with Crippen LogP contribution < -0.4 is 0 Å². The average Bonchev–Trinajstić information content (AvgIpc) is 3.07. The smallest absolute Gasteiger partial charge is 0.254 e. The lowest BCUT2D eigenvalue weighted by molar-refractivity contribution is 0.0728. The third-order valence-electron chi connectivity index (χ3n) is 3.28. The third-order valence-corrected chi connectivity index (χ3v) is 3.28. The summed E-state index contributed by atoms with van der Waals surface area (Å²) in [6, 6.07) is 3.36. The van der Waals surface area contributed by atoms with Crippen LogP contribution in [0.4, 0.5) is 0 Å². The average molecular weight is 258 g/mol. The lowest BCUT2D eigenvalue weighted by Gasteiger charge is -2.22. The molecule has 0 aromatic carbocycles. The maximum Gasteiger partial charge on any atom is 0.254 e. The van der Waals surface area contributed by atoms with E-state index in [1.165, 1.54) is 0 Å². The van der Waals surface area contributed by atoms with E-state index in [-0.39, 0.29) is 11.9 Å². The fourth-order valence-corrected chi connectivity index (χ4v) is 2.39. The number of amides is 1. The molecular weight excluding hydrogens is 244 g/mol. The van der Waals surface area contributed by atoms with Gasteiger partial charge in [-0.3, -0.25) is 9.78 Å². The quantitative estimate of drug-likeness (QED) is 0.820. The molecule has 0 radical (unpaired) electrons. The van der Waals surface area contributed by atoms with Gasteiger partial charge in [0.25, 0.3) is 5.91 Å². The molecular formula is C13H14N4O2. The molecule has 1 aliphatic heterocycles. The summed E-state index contributed by atoms with van der Waals surface area (Å²) >= 11 is 0. The first kappa shape index (κ1) is 11.8. The Morgan fingerprint density at radius 3 is 2.89 bits per heavy atom. The van der Waals surface area contributed by atoms with E-state index in [1.807, 2.05) is 0 Å². The van der Waals surface area contributed by atoms with Crippen molar-refractivity contribution in [2.45, 2.75) is 25.8 Å². The van der Waals surface area contributed by atoms with Crippen LogP contribution in [0.5, 0.6) is 0 Å². The number of rotatable bonds is 2. The zero-order valence-corrected chi connectivity index (χ0v) is 10.6. The second-order valence-electron chi connectivity index (χ2n) is 4.56. The number of hydrogen-bond donors (Lipinski definition) is 0. The van der Waals surface area contributed by atoms with Crippen molar-refractivity contribution in [2.24, 2.45) is 0 Å². The molecule has 1 atom stereocenters. The van der Waals surface area contributed by atoms with Gasteiger partial charge in [-0.1, -0.05) is 5.16 Å². The van der Waals surface area contributed by atoms with Crippen LogP contribution >= 0.6 is 0 Å². The van der Waals surface area contributed by atoms with Crippen molar-refractivity contribution in [3.63, 3.8) is 0 Å². The molecule has 1 saturated heterocycles. The predicted molar refractivity (Wildman–Crippen MR) is 66.3 cm³/mol. The number of aromatic nitrogens is 3. The number of carbonyl (C=O) groups is 1. The Bertz CT molecular complexity index is 581. The molecule has 19 heavy (non-hydrogen) atoms. The summed E-state index contributed by atoms with van der Waals surface area (Å²) in [6.07, 6.45) is 5.07. The number of carbonyl (C=O) groups excluding carboxylic acids is 1. The summed E-state index contributed by atoms with van der Waals surface area (Å²) in [5, 5.41) is 3.93. The molecule has 0 unspecified atom stereocenters. The minimum Gasteiger partial charge on any atom is -0.340 e. The largest absolute Gasteiger partial charge is 0.340 e. The molecule has 1 amide bonds.